The molecule has 2 fully saturated rings. The van der Waals surface area contributed by atoms with Crippen LogP contribution in [-0.4, -0.2) is 15.5 Å². The van der Waals surface area contributed by atoms with Crippen LogP contribution in [0.15, 0.2) is 58.0 Å². The monoisotopic (exact) mass is 461 g/mol. The van der Waals surface area contributed by atoms with E-state index in [4.69, 9.17) is 11.3 Å². The Bertz CT molecular complexity index is 1270. The van der Waals surface area contributed by atoms with E-state index in [0.717, 1.165) is 49.0 Å². The second kappa shape index (κ2) is 8.02. The van der Waals surface area contributed by atoms with Crippen molar-refractivity contribution in [3.8, 4) is 5.75 Å². The summed E-state index contributed by atoms with van der Waals surface area (Å²) in [5.41, 5.74) is 4.51. The van der Waals surface area contributed by atoms with Crippen molar-refractivity contribution in [2.24, 2.45) is 17.3 Å². The summed E-state index contributed by atoms with van der Waals surface area (Å²) >= 11 is 0. The van der Waals surface area contributed by atoms with E-state index in [2.05, 4.69) is 30.0 Å². The summed E-state index contributed by atoms with van der Waals surface area (Å²) in [6.07, 6.45) is 5.81. The van der Waals surface area contributed by atoms with Gasteiger partial charge in [0, 0.05) is 0 Å². The maximum atomic E-state index is 13.5. The van der Waals surface area contributed by atoms with Gasteiger partial charge in [0.05, 0.1) is 18.6 Å². The molecule has 33 heavy (non-hydrogen) atoms. The zero-order chi connectivity index (χ0) is 23.4. The van der Waals surface area contributed by atoms with E-state index < -0.39 is 9.84 Å². The quantitative estimate of drug-likeness (QED) is 0.493. The third-order valence-electron chi connectivity index (χ3n) is 8.66. The molecule has 3 aliphatic carbocycles. The molecule has 0 radical (unpaired) electrons. The van der Waals surface area contributed by atoms with Gasteiger partial charge < -0.3 is 4.74 Å². The van der Waals surface area contributed by atoms with Crippen molar-refractivity contribution in [2.75, 3.05) is 7.11 Å². The molecule has 0 amide bonds. The summed E-state index contributed by atoms with van der Waals surface area (Å²) in [7, 11) is -2.10. The molecule has 4 nitrogen and oxygen atoms in total. The van der Waals surface area contributed by atoms with Gasteiger partial charge >= 0.3 is 0 Å². The molecule has 5 rings (SSSR count). The SMILES string of the molecule is [C-]#[N+]C(=C1CC[C@H]2[C@@H]3CCc4cc(OC)ccc4[C@H]3CC[C@]12C)S(=O)(=O)c1ccc(C)cc1. The molecular weight excluding hydrogens is 430 g/mol. The maximum Gasteiger partial charge on any atom is 0.282 e. The van der Waals surface area contributed by atoms with Gasteiger partial charge in [-0.15, -0.1) is 0 Å². The fourth-order valence-corrected chi connectivity index (χ4v) is 8.47. The number of benzene rings is 2. The van der Waals surface area contributed by atoms with Crippen LogP contribution in [0.25, 0.3) is 4.85 Å². The molecule has 2 aromatic rings. The number of rotatable bonds is 3. The first-order valence-electron chi connectivity index (χ1n) is 11.9. The average molecular weight is 462 g/mol. The van der Waals surface area contributed by atoms with Crippen molar-refractivity contribution < 1.29 is 13.2 Å². The van der Waals surface area contributed by atoms with Gasteiger partial charge in [-0.25, -0.2) is 13.3 Å². The van der Waals surface area contributed by atoms with E-state index in [9.17, 15) is 8.42 Å². The topological polar surface area (TPSA) is 47.7 Å². The van der Waals surface area contributed by atoms with Crippen molar-refractivity contribution in [3.63, 3.8) is 0 Å². The highest BCUT2D eigenvalue weighted by atomic mass is 32.2. The number of nitrogens with zero attached hydrogens (tertiary/aromatic N) is 1. The van der Waals surface area contributed by atoms with Crippen LogP contribution in [0.2, 0.25) is 0 Å². The fraction of sp³-hybridized carbons (Fsp3) is 0.464. The van der Waals surface area contributed by atoms with Crippen molar-refractivity contribution >= 4 is 9.84 Å². The Morgan fingerprint density at radius 2 is 1.85 bits per heavy atom. The Kier molecular flexibility index (Phi) is 5.40. The molecule has 0 aliphatic heterocycles. The number of ether oxygens (including phenoxy) is 1. The predicted octanol–water partition coefficient (Wildman–Crippen LogP) is 6.46. The summed E-state index contributed by atoms with van der Waals surface area (Å²) in [4.78, 5) is 3.89. The molecule has 0 aromatic heterocycles. The van der Waals surface area contributed by atoms with Crippen LogP contribution in [0, 0.1) is 30.7 Å². The highest BCUT2D eigenvalue weighted by molar-refractivity contribution is 7.95. The summed E-state index contributed by atoms with van der Waals surface area (Å²) in [6.45, 7) is 12.0. The van der Waals surface area contributed by atoms with Crippen LogP contribution in [0.3, 0.4) is 0 Å². The number of methoxy groups -OCH3 is 1. The fourth-order valence-electron chi connectivity index (χ4n) is 6.97. The zero-order valence-electron chi connectivity index (χ0n) is 19.6. The lowest BCUT2D eigenvalue weighted by atomic mass is 9.55. The Morgan fingerprint density at radius 1 is 1.09 bits per heavy atom. The summed E-state index contributed by atoms with van der Waals surface area (Å²) in [5.74, 6) is 2.40. The molecular formula is C28H31NO3S. The smallest absolute Gasteiger partial charge is 0.282 e. The number of hydrogen-bond donors (Lipinski definition) is 0. The summed E-state index contributed by atoms with van der Waals surface area (Å²) < 4.78 is 32.4. The molecule has 5 heteroatoms. The molecule has 4 atom stereocenters. The number of hydrogen-bond acceptors (Lipinski definition) is 3. The van der Waals surface area contributed by atoms with E-state index in [1.165, 1.54) is 11.1 Å². The van der Waals surface area contributed by atoms with Gasteiger partial charge in [-0.05, 0) is 110 Å². The van der Waals surface area contributed by atoms with E-state index in [-0.39, 0.29) is 15.3 Å². The first-order valence-corrected chi connectivity index (χ1v) is 13.4. The lowest BCUT2D eigenvalue weighted by molar-refractivity contribution is 0.0812. The Morgan fingerprint density at radius 3 is 2.55 bits per heavy atom. The standard InChI is InChI=1S/C28H31NO3S/c1-18-5-9-21(10-6-18)33(30,31)27(29-3)26-14-13-25-24-11-7-19-17-20(32-4)8-12-22(19)23(24)15-16-28(25,26)2/h5-6,8-10,12,17,23-25H,7,11,13-16H2,1-2,4H3/t23-,24-,25+,28+/m1/s1. The van der Waals surface area contributed by atoms with Gasteiger partial charge in [0.25, 0.3) is 5.03 Å². The number of fused-ring (bicyclic) bond motifs is 5. The summed E-state index contributed by atoms with van der Waals surface area (Å²) in [6, 6.07) is 13.4. The van der Waals surface area contributed by atoms with Crippen LogP contribution in [0.4, 0.5) is 0 Å². The molecule has 0 unspecified atom stereocenters. The first-order chi connectivity index (χ1) is 15.8. The van der Waals surface area contributed by atoms with Crippen LogP contribution >= 0.6 is 0 Å². The minimum Gasteiger partial charge on any atom is -0.497 e. The van der Waals surface area contributed by atoms with Gasteiger partial charge in [0.1, 0.15) is 5.75 Å². The van der Waals surface area contributed by atoms with E-state index in [0.29, 0.717) is 24.2 Å². The molecule has 2 aromatic carbocycles. The van der Waals surface area contributed by atoms with Crippen LogP contribution in [0.5, 0.6) is 5.75 Å². The molecule has 0 saturated heterocycles. The minimum atomic E-state index is -3.81. The summed E-state index contributed by atoms with van der Waals surface area (Å²) in [5, 5.41) is -0.0178. The Balaban J connectivity index is 1.52. The third kappa shape index (κ3) is 3.42. The molecule has 0 N–H and O–H groups in total. The normalized spacial score (nSPS) is 29.9. The Labute approximate surface area is 197 Å². The Hall–Kier alpha value is -2.58. The lowest BCUT2D eigenvalue weighted by Crippen LogP contribution is -2.40. The van der Waals surface area contributed by atoms with Crippen LogP contribution in [-0.2, 0) is 16.3 Å². The zero-order valence-corrected chi connectivity index (χ0v) is 20.4. The molecule has 172 valence electrons. The van der Waals surface area contributed by atoms with Gasteiger partial charge in [-0.1, -0.05) is 30.7 Å². The van der Waals surface area contributed by atoms with Crippen molar-refractivity contribution in [1.82, 2.24) is 0 Å². The van der Waals surface area contributed by atoms with Crippen LogP contribution in [0.1, 0.15) is 61.6 Å². The van der Waals surface area contributed by atoms with E-state index >= 15 is 0 Å². The van der Waals surface area contributed by atoms with Gasteiger partial charge in [0.2, 0.25) is 9.84 Å². The van der Waals surface area contributed by atoms with Gasteiger partial charge in [-0.3, -0.25) is 0 Å². The number of allylic oxidation sites excluding steroid dienone is 1. The minimum absolute atomic E-state index is 0.0178. The van der Waals surface area contributed by atoms with Crippen molar-refractivity contribution in [1.29, 1.82) is 0 Å². The molecule has 0 heterocycles. The molecule has 0 spiro atoms. The lowest BCUT2D eigenvalue weighted by Gasteiger charge is -2.50. The van der Waals surface area contributed by atoms with E-state index in [1.54, 1.807) is 31.4 Å². The highest BCUT2D eigenvalue weighted by Crippen LogP contribution is 2.63. The third-order valence-corrected chi connectivity index (χ3v) is 10.4. The van der Waals surface area contributed by atoms with Crippen LogP contribution < -0.4 is 4.74 Å². The average Bonchev–Trinajstić information content (AvgIpc) is 3.16. The predicted molar refractivity (Wildman–Crippen MR) is 130 cm³/mol. The largest absolute Gasteiger partial charge is 0.497 e. The molecule has 2 saturated carbocycles. The maximum absolute atomic E-state index is 13.5. The molecule has 3 aliphatic rings. The number of sulfone groups is 1. The van der Waals surface area contributed by atoms with E-state index in [1.807, 2.05) is 6.92 Å². The molecule has 0 bridgehead atoms. The van der Waals surface area contributed by atoms with Gasteiger partial charge in [0.15, 0.2) is 0 Å². The number of aryl methyl sites for hydroxylation is 2. The second-order valence-electron chi connectivity index (χ2n) is 10.2. The first kappa shape index (κ1) is 22.2. The van der Waals surface area contributed by atoms with Gasteiger partial charge in [-0.2, -0.15) is 0 Å². The second-order valence-corrected chi connectivity index (χ2v) is 12.1. The van der Waals surface area contributed by atoms with Crippen molar-refractivity contribution in [3.05, 3.63) is 81.2 Å². The highest BCUT2D eigenvalue weighted by Gasteiger charge is 2.54. The van der Waals surface area contributed by atoms with Crippen molar-refractivity contribution in [2.45, 2.75) is 63.2 Å².